The number of hydrogen-bond donors (Lipinski definition) is 1. The van der Waals surface area contributed by atoms with Crippen LogP contribution in [0.3, 0.4) is 0 Å². The van der Waals surface area contributed by atoms with Crippen LogP contribution < -0.4 is 0 Å². The lowest BCUT2D eigenvalue weighted by Crippen LogP contribution is -2.64. The van der Waals surface area contributed by atoms with E-state index in [9.17, 15) is 29.1 Å². The quantitative estimate of drug-likeness (QED) is 0.0961. The minimum absolute atomic E-state index is 0.0128. The van der Waals surface area contributed by atoms with E-state index >= 15 is 0 Å². The Morgan fingerprint density at radius 1 is 0.910 bits per heavy atom. The number of esters is 2. The Balaban J connectivity index is 1.82. The van der Waals surface area contributed by atoms with E-state index in [1.54, 1.807) is 27.0 Å². The fourth-order valence-electron chi connectivity index (χ4n) is 10.4. The molecule has 0 aromatic heterocycles. The van der Waals surface area contributed by atoms with Crippen molar-refractivity contribution in [2.24, 2.45) is 29.6 Å². The smallest absolute Gasteiger partial charge is 0.329 e. The number of rotatable bonds is 10. The molecule has 3 heterocycles. The van der Waals surface area contributed by atoms with Crippen LogP contribution in [0.4, 0.5) is 0 Å². The first-order valence-electron chi connectivity index (χ1n) is 24.7. The van der Waals surface area contributed by atoms with Crippen LogP contribution in [-0.4, -0.2) is 130 Å². The molecule has 14 unspecified atom stereocenters. The van der Waals surface area contributed by atoms with Crippen molar-refractivity contribution in [3.8, 4) is 0 Å². The number of aliphatic hydroxyl groups is 1. The molecule has 0 aromatic carbocycles. The zero-order valence-corrected chi connectivity index (χ0v) is 44.2. The highest BCUT2D eigenvalue weighted by Crippen LogP contribution is 2.42. The number of carbonyl (C=O) groups is 5. The van der Waals surface area contributed by atoms with Crippen molar-refractivity contribution in [3.63, 3.8) is 0 Å². The average Bonchev–Trinajstić information content (AvgIpc) is 3.26. The van der Waals surface area contributed by atoms with Crippen molar-refractivity contribution in [1.82, 2.24) is 4.90 Å². The van der Waals surface area contributed by atoms with Crippen LogP contribution in [0.5, 0.6) is 0 Å². The highest BCUT2D eigenvalue weighted by Gasteiger charge is 2.57. The molecule has 15 heteroatoms. The number of piperidine rings is 1. The molecule has 2 bridgehead atoms. The van der Waals surface area contributed by atoms with Crippen molar-refractivity contribution >= 4 is 37.7 Å². The van der Waals surface area contributed by atoms with Crippen molar-refractivity contribution < 1.29 is 61.9 Å². The highest BCUT2D eigenvalue weighted by atomic mass is 28.4. The fraction of sp³-hybridized carbons (Fsp3) is 0.788. The molecule has 1 saturated carbocycles. The van der Waals surface area contributed by atoms with Gasteiger partial charge in [0.1, 0.15) is 30.1 Å². The normalized spacial score (nSPS) is 36.3. The van der Waals surface area contributed by atoms with Crippen LogP contribution in [0, 0.1) is 29.6 Å². The molecule has 0 spiro atoms. The topological polar surface area (TPSA) is 173 Å². The average molecular weight is 960 g/mol. The summed E-state index contributed by atoms with van der Waals surface area (Å²) in [4.78, 5) is 72.1. The van der Waals surface area contributed by atoms with Gasteiger partial charge in [-0.2, -0.15) is 0 Å². The monoisotopic (exact) mass is 960 g/mol. The Hall–Kier alpha value is -3.05. The van der Waals surface area contributed by atoms with Crippen LogP contribution in [0.15, 0.2) is 36.0 Å². The van der Waals surface area contributed by atoms with E-state index in [1.807, 2.05) is 26.8 Å². The summed E-state index contributed by atoms with van der Waals surface area (Å²) in [6, 6.07) is -1.17. The SMILES string of the molecule is C=CCC1C=C(C)CC(C)CC(OC)C2OC(O)(C(=O)C(=O)N3CCCCC3C(=O)OC(C(C)=CC3CCC(O[Si](C)(C)C(C)(C)C)C(OC)C3)C(C)C(OC(C)=O)CC1=O)C(C)CC2OC. The van der Waals surface area contributed by atoms with Crippen LogP contribution in [0.2, 0.25) is 18.1 Å². The van der Waals surface area contributed by atoms with E-state index in [2.05, 4.69) is 46.5 Å². The van der Waals surface area contributed by atoms with E-state index in [0.717, 1.165) is 18.4 Å². The van der Waals surface area contributed by atoms with Crippen molar-refractivity contribution in [3.05, 3.63) is 36.0 Å². The minimum atomic E-state index is -2.53. The predicted octanol–water partition coefficient (Wildman–Crippen LogP) is 8.24. The van der Waals surface area contributed by atoms with Gasteiger partial charge in [-0.15, -0.1) is 6.58 Å². The summed E-state index contributed by atoms with van der Waals surface area (Å²) in [5, 5.41) is 12.2. The molecule has 14 nitrogen and oxygen atoms in total. The third-order valence-electron chi connectivity index (χ3n) is 15.4. The molecular weight excluding hydrogens is 875 g/mol. The molecule has 3 fully saturated rings. The third-order valence-corrected chi connectivity index (χ3v) is 19.9. The first-order valence-corrected chi connectivity index (χ1v) is 27.6. The van der Waals surface area contributed by atoms with Gasteiger partial charge < -0.3 is 42.9 Å². The second kappa shape index (κ2) is 24.2. The fourth-order valence-corrected chi connectivity index (χ4v) is 11.8. The Morgan fingerprint density at radius 3 is 2.15 bits per heavy atom. The van der Waals surface area contributed by atoms with Gasteiger partial charge in [0, 0.05) is 59.0 Å². The molecule has 67 heavy (non-hydrogen) atoms. The third kappa shape index (κ3) is 14.1. The van der Waals surface area contributed by atoms with E-state index in [-0.39, 0.29) is 60.7 Å². The van der Waals surface area contributed by atoms with E-state index < -0.39 is 92.0 Å². The first kappa shape index (κ1) is 56.5. The number of ether oxygens (including phenoxy) is 6. The van der Waals surface area contributed by atoms with Gasteiger partial charge in [0.15, 0.2) is 8.32 Å². The van der Waals surface area contributed by atoms with Crippen molar-refractivity contribution in [2.45, 2.75) is 206 Å². The predicted molar refractivity (Wildman–Crippen MR) is 258 cm³/mol. The zero-order chi connectivity index (χ0) is 50.2. The molecule has 0 aromatic rings. The summed E-state index contributed by atoms with van der Waals surface area (Å²) < 4.78 is 43.5. The second-order valence-electron chi connectivity index (χ2n) is 21.7. The number of hydrogen-bond acceptors (Lipinski definition) is 13. The van der Waals surface area contributed by atoms with Crippen molar-refractivity contribution in [1.29, 1.82) is 0 Å². The summed E-state index contributed by atoms with van der Waals surface area (Å²) in [5.41, 5.74) is 1.64. The maximum Gasteiger partial charge on any atom is 0.329 e. The molecule has 3 aliphatic heterocycles. The lowest BCUT2D eigenvalue weighted by molar-refractivity contribution is -0.302. The second-order valence-corrected chi connectivity index (χ2v) is 26.5. The van der Waals surface area contributed by atoms with E-state index in [0.29, 0.717) is 44.1 Å². The zero-order valence-electron chi connectivity index (χ0n) is 43.2. The molecule has 4 rings (SSSR count). The molecule has 4 aliphatic rings. The molecule has 1 amide bonds. The summed E-state index contributed by atoms with van der Waals surface area (Å²) in [6.45, 7) is 25.8. The van der Waals surface area contributed by atoms with Gasteiger partial charge in [-0.3, -0.25) is 19.2 Å². The van der Waals surface area contributed by atoms with Crippen LogP contribution >= 0.6 is 0 Å². The van der Waals surface area contributed by atoms with Gasteiger partial charge in [-0.25, -0.2) is 4.79 Å². The van der Waals surface area contributed by atoms with Gasteiger partial charge in [-0.1, -0.05) is 65.3 Å². The molecule has 1 N–H and O–H groups in total. The molecular formula is C52H85NO13Si. The number of fused-ring (bicyclic) bond motifs is 3. The molecule has 380 valence electrons. The maximum absolute atomic E-state index is 14.7. The number of allylic oxidation sites excluding steroid dienone is 4. The maximum atomic E-state index is 14.7. The lowest BCUT2D eigenvalue weighted by Gasteiger charge is -2.47. The minimum Gasteiger partial charge on any atom is -0.462 e. The summed E-state index contributed by atoms with van der Waals surface area (Å²) in [5.74, 6) is -8.37. The number of methoxy groups -OCH3 is 3. The molecule has 1 aliphatic carbocycles. The standard InChI is InChI=1S/C52H85NO13Si/c1-16-19-38-25-31(2)24-32(3)26-44(61-12)47-45(62-13)28-34(5)52(59,65-47)48(56)49(57)53-23-18-17-20-39(53)50(58)64-46(35(6)42(30-40(38)55)63-36(7)54)33(4)27-37-21-22-41(43(29-37)60-11)66-67(14,15)51(8,9)10/h16,25,27,32,34-35,37-39,41-47,59H,1,17-24,26,28-30H2,2-15H3. The van der Waals surface area contributed by atoms with Gasteiger partial charge in [0.05, 0.1) is 24.4 Å². The van der Waals surface area contributed by atoms with Crippen LogP contribution in [-0.2, 0) is 56.8 Å². The van der Waals surface area contributed by atoms with Gasteiger partial charge in [0.2, 0.25) is 5.79 Å². The van der Waals surface area contributed by atoms with E-state index in [4.69, 9.17) is 32.8 Å². The van der Waals surface area contributed by atoms with Gasteiger partial charge >= 0.3 is 11.9 Å². The summed E-state index contributed by atoms with van der Waals surface area (Å²) in [7, 11) is 2.67. The Labute approximate surface area is 402 Å². The molecule has 0 radical (unpaired) electrons. The number of cyclic esters (lactones) is 1. The van der Waals surface area contributed by atoms with Gasteiger partial charge in [0.25, 0.3) is 11.7 Å². The number of amides is 1. The van der Waals surface area contributed by atoms with E-state index in [1.165, 1.54) is 26.0 Å². The van der Waals surface area contributed by atoms with Crippen molar-refractivity contribution in [2.75, 3.05) is 27.9 Å². The first-order chi connectivity index (χ1) is 31.3. The van der Waals surface area contributed by atoms with Gasteiger partial charge in [-0.05, 0) is 114 Å². The number of carbonyl (C=O) groups excluding carboxylic acids is 5. The molecule has 2 saturated heterocycles. The number of Topliss-reactive ketones (excluding diaryl/α,β-unsaturated/α-hetero) is 2. The Morgan fingerprint density at radius 2 is 1.55 bits per heavy atom. The largest absolute Gasteiger partial charge is 0.462 e. The van der Waals surface area contributed by atoms with Crippen LogP contribution in [0.1, 0.15) is 133 Å². The Kier molecular flexibility index (Phi) is 20.4. The number of nitrogens with zero attached hydrogens (tertiary/aromatic N) is 1. The Bertz CT molecular complexity index is 1810. The summed E-state index contributed by atoms with van der Waals surface area (Å²) >= 11 is 0. The molecule has 14 atom stereocenters. The van der Waals surface area contributed by atoms with Crippen LogP contribution in [0.25, 0.3) is 0 Å². The lowest BCUT2D eigenvalue weighted by atomic mass is 9.81. The highest BCUT2D eigenvalue weighted by molar-refractivity contribution is 6.74. The number of ketones is 2. The summed E-state index contributed by atoms with van der Waals surface area (Å²) in [6.07, 6.45) is 6.33.